The SMILES string of the molecule is Cl.Cl.Cl.O=C([C@@H]1C[C@H](N2CCC(c3nnc(-c4cccnc4)o3)CC2)CN1)N1CCSC1. The highest BCUT2D eigenvalue weighted by atomic mass is 35.5. The Morgan fingerprint density at radius 1 is 1.16 bits per heavy atom. The van der Waals surface area contributed by atoms with Gasteiger partial charge in [-0.05, 0) is 44.5 Å². The molecule has 0 aliphatic carbocycles. The van der Waals surface area contributed by atoms with Crippen LogP contribution in [0.4, 0.5) is 0 Å². The summed E-state index contributed by atoms with van der Waals surface area (Å²) < 4.78 is 5.93. The molecule has 1 N–H and O–H groups in total. The lowest BCUT2D eigenvalue weighted by molar-refractivity contribution is -0.131. The van der Waals surface area contributed by atoms with Gasteiger partial charge in [-0.1, -0.05) is 0 Å². The Kier molecular flexibility index (Phi) is 10.5. The van der Waals surface area contributed by atoms with Gasteiger partial charge in [0.05, 0.1) is 17.5 Å². The third-order valence-electron chi connectivity index (χ3n) is 6.21. The van der Waals surface area contributed by atoms with Crippen LogP contribution in [0.25, 0.3) is 11.5 Å². The molecule has 1 amide bonds. The lowest BCUT2D eigenvalue weighted by atomic mass is 9.95. The maximum Gasteiger partial charge on any atom is 0.249 e. The summed E-state index contributed by atoms with van der Waals surface area (Å²) in [6.45, 7) is 3.79. The highest BCUT2D eigenvalue weighted by Crippen LogP contribution is 2.31. The number of rotatable bonds is 4. The van der Waals surface area contributed by atoms with Crippen LogP contribution < -0.4 is 5.32 Å². The first-order valence-electron chi connectivity index (χ1n) is 10.4. The number of halogens is 3. The van der Waals surface area contributed by atoms with Crippen molar-refractivity contribution in [2.24, 2.45) is 0 Å². The molecule has 0 spiro atoms. The minimum atomic E-state index is -0.0191. The Balaban J connectivity index is 0.00000121. The Labute approximate surface area is 210 Å². The van der Waals surface area contributed by atoms with E-state index in [1.165, 1.54) is 0 Å². The topological polar surface area (TPSA) is 87.4 Å². The van der Waals surface area contributed by atoms with Crippen LogP contribution in [-0.4, -0.2) is 80.8 Å². The maximum atomic E-state index is 12.6. The largest absolute Gasteiger partial charge is 0.420 e. The standard InChI is InChI=1S/C20H26N6O2S.3ClH/c27-20(26-8-9-29-13-26)17-10-16(12-22-17)25-6-3-14(4-7-25)18-23-24-19(28-18)15-2-1-5-21-11-15;;;/h1-2,5,11,14,16-17,22H,3-4,6-10,12-13H2;3*1H/t16-,17-;;;/m0.../s1. The second-order valence-electron chi connectivity index (χ2n) is 7.99. The average molecular weight is 524 g/mol. The summed E-state index contributed by atoms with van der Waals surface area (Å²) in [5.74, 6) is 3.76. The van der Waals surface area contributed by atoms with E-state index in [4.69, 9.17) is 4.42 Å². The van der Waals surface area contributed by atoms with E-state index in [0.29, 0.717) is 17.9 Å². The molecule has 2 aromatic rings. The lowest BCUT2D eigenvalue weighted by Crippen LogP contribution is -2.42. The fraction of sp³-hybridized carbons (Fsp3) is 0.600. The van der Waals surface area contributed by atoms with Crippen LogP contribution in [0, 0.1) is 0 Å². The van der Waals surface area contributed by atoms with Crippen molar-refractivity contribution in [3.63, 3.8) is 0 Å². The monoisotopic (exact) mass is 522 g/mol. The van der Waals surface area contributed by atoms with Crippen LogP contribution in [0.2, 0.25) is 0 Å². The summed E-state index contributed by atoms with van der Waals surface area (Å²) in [5, 5.41) is 11.9. The van der Waals surface area contributed by atoms with Gasteiger partial charge in [0.2, 0.25) is 17.7 Å². The van der Waals surface area contributed by atoms with Crippen molar-refractivity contribution in [2.45, 2.75) is 37.3 Å². The number of hydrogen-bond acceptors (Lipinski definition) is 8. The number of aromatic nitrogens is 3. The molecule has 5 rings (SSSR count). The van der Waals surface area contributed by atoms with Crippen molar-refractivity contribution in [1.29, 1.82) is 0 Å². The van der Waals surface area contributed by atoms with E-state index in [9.17, 15) is 4.79 Å². The fourth-order valence-corrected chi connectivity index (χ4v) is 5.46. The smallest absolute Gasteiger partial charge is 0.249 e. The summed E-state index contributed by atoms with van der Waals surface area (Å²) in [7, 11) is 0. The first-order chi connectivity index (χ1) is 14.3. The zero-order valence-electron chi connectivity index (χ0n) is 17.6. The predicted molar refractivity (Wildman–Crippen MR) is 132 cm³/mol. The van der Waals surface area contributed by atoms with Crippen molar-refractivity contribution < 1.29 is 9.21 Å². The van der Waals surface area contributed by atoms with E-state index in [1.54, 1.807) is 12.4 Å². The van der Waals surface area contributed by atoms with E-state index < -0.39 is 0 Å². The van der Waals surface area contributed by atoms with Crippen LogP contribution in [0.3, 0.4) is 0 Å². The zero-order chi connectivity index (χ0) is 19.6. The second-order valence-corrected chi connectivity index (χ2v) is 9.06. The summed E-state index contributed by atoms with van der Waals surface area (Å²) in [5.41, 5.74) is 0.854. The van der Waals surface area contributed by atoms with Gasteiger partial charge >= 0.3 is 0 Å². The van der Waals surface area contributed by atoms with Gasteiger partial charge in [-0.3, -0.25) is 14.7 Å². The number of pyridine rings is 1. The second kappa shape index (κ2) is 12.4. The van der Waals surface area contributed by atoms with E-state index in [2.05, 4.69) is 25.4 Å². The van der Waals surface area contributed by atoms with Crippen LogP contribution >= 0.6 is 49.0 Å². The lowest BCUT2D eigenvalue weighted by Gasteiger charge is -2.34. The number of likely N-dealkylation sites (tertiary alicyclic amines) is 1. The maximum absolute atomic E-state index is 12.6. The van der Waals surface area contributed by atoms with Gasteiger partial charge in [-0.2, -0.15) is 0 Å². The summed E-state index contributed by atoms with van der Waals surface area (Å²) in [4.78, 5) is 21.3. The first-order valence-corrected chi connectivity index (χ1v) is 11.5. The third kappa shape index (κ3) is 5.87. The highest BCUT2D eigenvalue weighted by Gasteiger charge is 2.37. The van der Waals surface area contributed by atoms with Gasteiger partial charge in [0, 0.05) is 43.2 Å². The Hall–Kier alpha value is -1.10. The predicted octanol–water partition coefficient (Wildman–Crippen LogP) is 2.84. The number of nitrogens with zero attached hydrogens (tertiary/aromatic N) is 5. The van der Waals surface area contributed by atoms with Gasteiger partial charge in [-0.25, -0.2) is 0 Å². The van der Waals surface area contributed by atoms with Crippen LogP contribution in [0.5, 0.6) is 0 Å². The molecule has 3 fully saturated rings. The molecule has 178 valence electrons. The van der Waals surface area contributed by atoms with Gasteiger partial charge in [0.15, 0.2) is 0 Å². The van der Waals surface area contributed by atoms with E-state index in [1.807, 2.05) is 28.8 Å². The Morgan fingerprint density at radius 3 is 2.66 bits per heavy atom. The molecule has 3 aliphatic heterocycles. The summed E-state index contributed by atoms with van der Waals surface area (Å²) in [6.07, 6.45) is 6.40. The fourth-order valence-electron chi connectivity index (χ4n) is 4.51. The molecule has 2 aromatic heterocycles. The number of carbonyl (C=O) groups excluding carboxylic acids is 1. The van der Waals surface area contributed by atoms with Crippen molar-refractivity contribution in [2.75, 3.05) is 37.8 Å². The Morgan fingerprint density at radius 2 is 1.97 bits per heavy atom. The molecule has 0 radical (unpaired) electrons. The first kappa shape index (κ1) is 27.1. The van der Waals surface area contributed by atoms with E-state index in [0.717, 1.165) is 68.5 Å². The molecule has 12 heteroatoms. The average Bonchev–Trinajstić information content (AvgIpc) is 3.56. The molecular weight excluding hydrogens is 495 g/mol. The third-order valence-corrected chi connectivity index (χ3v) is 7.18. The van der Waals surface area contributed by atoms with Crippen LogP contribution in [0.15, 0.2) is 28.9 Å². The molecule has 0 unspecified atom stereocenters. The van der Waals surface area contributed by atoms with Gasteiger partial charge in [0.25, 0.3) is 0 Å². The quantitative estimate of drug-likeness (QED) is 0.655. The number of amides is 1. The van der Waals surface area contributed by atoms with Gasteiger partial charge < -0.3 is 14.6 Å². The van der Waals surface area contributed by atoms with Crippen LogP contribution in [0.1, 0.15) is 31.1 Å². The summed E-state index contributed by atoms with van der Waals surface area (Å²) in [6, 6.07) is 4.22. The Bertz CT molecular complexity index is 847. The molecule has 3 aliphatic rings. The number of hydrogen-bond donors (Lipinski definition) is 1. The molecule has 8 nitrogen and oxygen atoms in total. The minimum absolute atomic E-state index is 0. The molecule has 2 atom stereocenters. The molecular formula is C20H29Cl3N6O2S. The van der Waals surface area contributed by atoms with Crippen LogP contribution in [-0.2, 0) is 4.79 Å². The zero-order valence-corrected chi connectivity index (χ0v) is 20.9. The molecule has 0 saturated carbocycles. The van der Waals surface area contributed by atoms with E-state index >= 15 is 0 Å². The van der Waals surface area contributed by atoms with Gasteiger partial charge in [0.1, 0.15) is 0 Å². The molecule has 0 bridgehead atoms. The molecule has 32 heavy (non-hydrogen) atoms. The number of thioether (sulfide) groups is 1. The normalized spacial score (nSPS) is 23.8. The van der Waals surface area contributed by atoms with Gasteiger partial charge in [-0.15, -0.1) is 59.2 Å². The highest BCUT2D eigenvalue weighted by molar-refractivity contribution is 7.99. The number of nitrogens with one attached hydrogen (secondary N) is 1. The summed E-state index contributed by atoms with van der Waals surface area (Å²) >= 11 is 1.84. The molecule has 0 aromatic carbocycles. The van der Waals surface area contributed by atoms with Crippen molar-refractivity contribution in [1.82, 2.24) is 30.3 Å². The minimum Gasteiger partial charge on any atom is -0.420 e. The number of carbonyl (C=O) groups is 1. The van der Waals surface area contributed by atoms with Crippen molar-refractivity contribution >= 4 is 54.9 Å². The van der Waals surface area contributed by atoms with Crippen molar-refractivity contribution in [3.05, 3.63) is 30.4 Å². The van der Waals surface area contributed by atoms with E-state index in [-0.39, 0.29) is 49.2 Å². The molecule has 3 saturated heterocycles. The molecule has 5 heterocycles. The number of piperidine rings is 1. The van der Waals surface area contributed by atoms with Crippen molar-refractivity contribution in [3.8, 4) is 11.5 Å².